The highest BCUT2D eigenvalue weighted by atomic mass is 35.5. The largest absolute Gasteiger partial charge is 0.375 e. The average molecular weight is 231 g/mol. The van der Waals surface area contributed by atoms with Gasteiger partial charge in [0.2, 0.25) is 0 Å². The molecule has 0 atom stereocenters. The maximum absolute atomic E-state index is 11.7. The first-order chi connectivity index (χ1) is 6.68. The average Bonchev–Trinajstić information content (AvgIpc) is 2.18. The number of hydrogen-bond donors (Lipinski definition) is 1. The normalized spacial score (nSPS) is 22.2. The summed E-state index contributed by atoms with van der Waals surface area (Å²) in [5.41, 5.74) is 2.24. The number of halogens is 1. The summed E-state index contributed by atoms with van der Waals surface area (Å²) in [5.74, 6) is 0.351. The number of carbonyl (C=O) groups excluding carboxylic acids is 1. The molecule has 1 heterocycles. The molecule has 0 amide bonds. The van der Waals surface area contributed by atoms with E-state index in [1.165, 1.54) is 5.70 Å². The van der Waals surface area contributed by atoms with Crippen LogP contribution in [0.4, 0.5) is 0 Å². The summed E-state index contributed by atoms with van der Waals surface area (Å²) in [6.45, 7) is 6.07. The first-order valence-corrected chi connectivity index (χ1v) is 5.41. The predicted octanol–water partition coefficient (Wildman–Crippen LogP) is 1.69. The quantitative estimate of drug-likeness (QED) is 0.744. The van der Waals surface area contributed by atoms with Crippen LogP contribution in [0, 0.1) is 0 Å². The lowest BCUT2D eigenvalue weighted by molar-refractivity contribution is -0.116. The molecule has 4 heteroatoms. The number of allylic oxidation sites excluding steroid dienone is 1. The van der Waals surface area contributed by atoms with E-state index in [9.17, 15) is 4.79 Å². The molecule has 1 aliphatic heterocycles. The van der Waals surface area contributed by atoms with Crippen LogP contribution < -0.4 is 5.32 Å². The third-order valence-electron chi connectivity index (χ3n) is 3.12. The summed E-state index contributed by atoms with van der Waals surface area (Å²) >= 11 is 0. The van der Waals surface area contributed by atoms with Crippen molar-refractivity contribution in [2.75, 3.05) is 13.2 Å². The molecule has 0 saturated carbocycles. The van der Waals surface area contributed by atoms with Crippen LogP contribution in [0.3, 0.4) is 0 Å². The van der Waals surface area contributed by atoms with E-state index in [1.54, 1.807) is 0 Å². The van der Waals surface area contributed by atoms with Crippen molar-refractivity contribution in [2.24, 2.45) is 0 Å². The Balaban J connectivity index is 0.00000112. The third-order valence-corrected chi connectivity index (χ3v) is 3.12. The Bertz CT molecular complexity index is 286. The van der Waals surface area contributed by atoms with Gasteiger partial charge in [-0.05, 0) is 26.7 Å². The van der Waals surface area contributed by atoms with Gasteiger partial charge in [0, 0.05) is 30.3 Å². The number of nitrogens with one attached hydrogen (secondary N) is 1. The molecule has 1 aliphatic carbocycles. The molecule has 1 N–H and O–H groups in total. The van der Waals surface area contributed by atoms with Crippen LogP contribution in [0.5, 0.6) is 0 Å². The molecule has 2 aliphatic rings. The Kier molecular flexibility index (Phi) is 4.17. The highest BCUT2D eigenvalue weighted by Gasteiger charge is 2.26. The van der Waals surface area contributed by atoms with Gasteiger partial charge in [0.25, 0.3) is 0 Å². The molecule has 0 aromatic rings. The Labute approximate surface area is 97.3 Å². The molecule has 0 spiro atoms. The van der Waals surface area contributed by atoms with E-state index in [4.69, 9.17) is 0 Å². The van der Waals surface area contributed by atoms with Crippen LogP contribution in [0.15, 0.2) is 11.3 Å². The Hall–Kier alpha value is -0.540. The third kappa shape index (κ3) is 2.52. The van der Waals surface area contributed by atoms with Crippen LogP contribution in [0.25, 0.3) is 0 Å². The lowest BCUT2D eigenvalue weighted by Crippen LogP contribution is -2.46. The molecule has 0 aromatic carbocycles. The fraction of sp³-hybridized carbons (Fsp3) is 0.727. The first-order valence-electron chi connectivity index (χ1n) is 5.41. The zero-order valence-corrected chi connectivity index (χ0v) is 10.2. The minimum absolute atomic E-state index is 0. The second-order valence-corrected chi connectivity index (χ2v) is 4.41. The van der Waals surface area contributed by atoms with Crippen molar-refractivity contribution in [3.63, 3.8) is 0 Å². The molecule has 15 heavy (non-hydrogen) atoms. The van der Waals surface area contributed by atoms with Crippen LogP contribution in [0.1, 0.15) is 33.1 Å². The molecule has 3 nitrogen and oxygen atoms in total. The van der Waals surface area contributed by atoms with Gasteiger partial charge in [0.15, 0.2) is 5.78 Å². The lowest BCUT2D eigenvalue weighted by Gasteiger charge is -2.35. The van der Waals surface area contributed by atoms with E-state index in [-0.39, 0.29) is 12.4 Å². The van der Waals surface area contributed by atoms with Crippen molar-refractivity contribution >= 4 is 18.2 Å². The summed E-state index contributed by atoms with van der Waals surface area (Å²) in [7, 11) is 0. The fourth-order valence-electron chi connectivity index (χ4n) is 2.10. The monoisotopic (exact) mass is 230 g/mol. The van der Waals surface area contributed by atoms with Gasteiger partial charge in [-0.1, -0.05) is 0 Å². The van der Waals surface area contributed by atoms with Gasteiger partial charge in [0.1, 0.15) is 0 Å². The highest BCUT2D eigenvalue weighted by molar-refractivity contribution is 5.97. The number of carbonyl (C=O) groups is 1. The van der Waals surface area contributed by atoms with Gasteiger partial charge in [-0.25, -0.2) is 0 Å². The van der Waals surface area contributed by atoms with Crippen molar-refractivity contribution in [2.45, 2.75) is 39.2 Å². The molecule has 86 valence electrons. The summed E-state index contributed by atoms with van der Waals surface area (Å²) in [6.07, 6.45) is 2.83. The Morgan fingerprint density at radius 1 is 1.33 bits per heavy atom. The van der Waals surface area contributed by atoms with Crippen LogP contribution in [0.2, 0.25) is 0 Å². The maximum atomic E-state index is 11.7. The van der Waals surface area contributed by atoms with Gasteiger partial charge in [-0.3, -0.25) is 9.69 Å². The van der Waals surface area contributed by atoms with Gasteiger partial charge >= 0.3 is 0 Å². The number of ketones is 1. The standard InChI is InChI=1S/C11H18N2O.ClH/c1-8(2)13-6-9-10(12-7-13)4-3-5-11(9)14;/h8,12H,3-7H2,1-2H3;1H. The van der Waals surface area contributed by atoms with Crippen molar-refractivity contribution in [3.8, 4) is 0 Å². The summed E-state index contributed by atoms with van der Waals surface area (Å²) in [5, 5.41) is 3.37. The fourth-order valence-corrected chi connectivity index (χ4v) is 2.10. The van der Waals surface area contributed by atoms with E-state index < -0.39 is 0 Å². The van der Waals surface area contributed by atoms with E-state index >= 15 is 0 Å². The first kappa shape index (κ1) is 12.5. The zero-order chi connectivity index (χ0) is 10.1. The molecule has 0 saturated heterocycles. The number of hydrogen-bond acceptors (Lipinski definition) is 3. The van der Waals surface area contributed by atoms with E-state index in [0.29, 0.717) is 11.8 Å². The molecule has 0 fully saturated rings. The summed E-state index contributed by atoms with van der Waals surface area (Å²) in [4.78, 5) is 14.0. The predicted molar refractivity (Wildman–Crippen MR) is 63.0 cm³/mol. The van der Waals surface area contributed by atoms with Gasteiger partial charge in [0.05, 0.1) is 6.67 Å². The van der Waals surface area contributed by atoms with Crippen molar-refractivity contribution in [3.05, 3.63) is 11.3 Å². The highest BCUT2D eigenvalue weighted by Crippen LogP contribution is 2.24. The minimum atomic E-state index is 0. The number of nitrogens with zero attached hydrogens (tertiary/aromatic N) is 1. The van der Waals surface area contributed by atoms with Gasteiger partial charge in [-0.2, -0.15) is 0 Å². The van der Waals surface area contributed by atoms with Crippen molar-refractivity contribution < 1.29 is 4.79 Å². The summed E-state index contributed by atoms with van der Waals surface area (Å²) in [6, 6.07) is 0.506. The molecule has 0 unspecified atom stereocenters. The molecule has 0 bridgehead atoms. The van der Waals surface area contributed by atoms with Crippen molar-refractivity contribution in [1.29, 1.82) is 0 Å². The topological polar surface area (TPSA) is 32.3 Å². The second-order valence-electron chi connectivity index (χ2n) is 4.41. The smallest absolute Gasteiger partial charge is 0.161 e. The molecule has 0 aromatic heterocycles. The Morgan fingerprint density at radius 2 is 2.07 bits per heavy atom. The molecule has 2 rings (SSSR count). The van der Waals surface area contributed by atoms with E-state index in [1.807, 2.05) is 0 Å². The second kappa shape index (κ2) is 4.99. The molecular formula is C11H19ClN2O. The van der Waals surface area contributed by atoms with Crippen molar-refractivity contribution in [1.82, 2.24) is 10.2 Å². The minimum Gasteiger partial charge on any atom is -0.375 e. The molecule has 0 radical (unpaired) electrons. The SMILES string of the molecule is CC(C)N1CNC2=C(C1)C(=O)CCC2.Cl. The lowest BCUT2D eigenvalue weighted by atomic mass is 9.93. The van der Waals surface area contributed by atoms with Crippen LogP contribution in [-0.2, 0) is 4.79 Å². The number of Topliss-reactive ketones (excluding diaryl/α,β-unsaturated/α-hetero) is 1. The number of rotatable bonds is 1. The Morgan fingerprint density at radius 3 is 2.73 bits per heavy atom. The maximum Gasteiger partial charge on any atom is 0.161 e. The van der Waals surface area contributed by atoms with Gasteiger partial charge < -0.3 is 5.32 Å². The summed E-state index contributed by atoms with van der Waals surface area (Å²) < 4.78 is 0. The van der Waals surface area contributed by atoms with Gasteiger partial charge in [-0.15, -0.1) is 12.4 Å². The van der Waals surface area contributed by atoms with Crippen LogP contribution in [-0.4, -0.2) is 29.9 Å². The zero-order valence-electron chi connectivity index (χ0n) is 9.38. The van der Waals surface area contributed by atoms with E-state index in [0.717, 1.165) is 38.0 Å². The van der Waals surface area contributed by atoms with E-state index in [2.05, 4.69) is 24.1 Å². The van der Waals surface area contributed by atoms with Crippen LogP contribution >= 0.6 is 12.4 Å². The molecular weight excluding hydrogens is 212 g/mol.